The highest BCUT2D eigenvalue weighted by Crippen LogP contribution is 2.38. The van der Waals surface area contributed by atoms with Gasteiger partial charge in [-0.25, -0.2) is 9.78 Å². The SMILES string of the molecule is CN(C)CCNC(=O)c1cc(NC(=O)N[C@@]2(C=O)C=C[C@@H](Oc3ccc4nnc(C(C)(C)N5CCN(C)CC5)n4c3)c3ccccc32)cc(C(C)(C)C)n1. The minimum Gasteiger partial charge on any atom is -0.480 e. The molecule has 0 saturated carbocycles. The first-order valence-electron chi connectivity index (χ1n) is 18.3. The molecule has 286 valence electrons. The van der Waals surface area contributed by atoms with E-state index in [4.69, 9.17) is 4.74 Å². The van der Waals surface area contributed by atoms with Crippen LogP contribution in [0.1, 0.15) is 73.9 Å². The molecule has 3 N–H and O–H groups in total. The number of likely N-dealkylation sites (N-methyl/N-ethyl adjacent to an activating group) is 2. The lowest BCUT2D eigenvalue weighted by atomic mass is 9.81. The molecule has 1 aliphatic carbocycles. The lowest BCUT2D eigenvalue weighted by Crippen LogP contribution is -2.52. The predicted molar refractivity (Wildman–Crippen MR) is 208 cm³/mol. The Labute approximate surface area is 317 Å². The summed E-state index contributed by atoms with van der Waals surface area (Å²) < 4.78 is 8.55. The van der Waals surface area contributed by atoms with Gasteiger partial charge in [0.1, 0.15) is 23.1 Å². The van der Waals surface area contributed by atoms with Crippen LogP contribution in [0.2, 0.25) is 0 Å². The molecular weight excluding hydrogens is 685 g/mol. The highest BCUT2D eigenvalue weighted by Gasteiger charge is 2.39. The standard InChI is InChI=1S/C40H52N10O4/c1-38(2,3)33-24-27(23-31(43-33)35(52)41-17-18-47(6)7)42-37(53)44-40(26-51)16-15-32(29-11-9-10-12-30(29)40)54-28-13-14-34-45-46-36(50(34)25-28)39(4,5)49-21-19-48(8)20-22-49/h9-16,23-26,32H,17-22H2,1-8H3,(H,41,52)(H2,42,43,44,53)/t32-,40-/m1/s1. The third-order valence-corrected chi connectivity index (χ3v) is 10.2. The van der Waals surface area contributed by atoms with E-state index in [1.54, 1.807) is 18.2 Å². The van der Waals surface area contributed by atoms with E-state index in [2.05, 4.69) is 61.8 Å². The third kappa shape index (κ3) is 8.15. The number of carbonyl (C=O) groups is 3. The summed E-state index contributed by atoms with van der Waals surface area (Å²) in [5.74, 6) is 1.08. The third-order valence-electron chi connectivity index (χ3n) is 10.2. The zero-order valence-electron chi connectivity index (χ0n) is 32.5. The molecule has 0 spiro atoms. The molecule has 1 saturated heterocycles. The molecule has 1 aromatic carbocycles. The molecule has 4 heterocycles. The molecule has 0 unspecified atom stereocenters. The highest BCUT2D eigenvalue weighted by molar-refractivity contribution is 5.97. The van der Waals surface area contributed by atoms with Crippen molar-refractivity contribution < 1.29 is 19.1 Å². The number of anilines is 1. The van der Waals surface area contributed by atoms with Crippen molar-refractivity contribution in [3.8, 4) is 5.75 Å². The Kier molecular flexibility index (Phi) is 10.9. The number of aromatic nitrogens is 4. The van der Waals surface area contributed by atoms with Crippen LogP contribution in [-0.4, -0.2) is 113 Å². The van der Waals surface area contributed by atoms with Gasteiger partial charge in [-0.3, -0.25) is 18.9 Å². The Morgan fingerprint density at radius 1 is 1.02 bits per heavy atom. The van der Waals surface area contributed by atoms with Gasteiger partial charge in [0.05, 0.1) is 11.7 Å². The molecule has 2 atom stereocenters. The first-order chi connectivity index (χ1) is 25.6. The van der Waals surface area contributed by atoms with Gasteiger partial charge in [0.2, 0.25) is 0 Å². The number of rotatable bonds is 11. The normalized spacial score (nSPS) is 19.4. The fourth-order valence-corrected chi connectivity index (χ4v) is 6.85. The molecule has 6 rings (SSSR count). The van der Waals surface area contributed by atoms with Crippen LogP contribution in [0.3, 0.4) is 0 Å². The molecule has 4 aromatic rings. The van der Waals surface area contributed by atoms with Crippen LogP contribution in [-0.2, 0) is 21.3 Å². The topological polar surface area (TPSA) is 149 Å². The van der Waals surface area contributed by atoms with Crippen molar-refractivity contribution in [2.75, 3.05) is 65.7 Å². The van der Waals surface area contributed by atoms with E-state index in [0.717, 1.165) is 43.2 Å². The maximum absolute atomic E-state index is 13.7. The number of carbonyl (C=O) groups excluding carboxylic acids is 3. The summed E-state index contributed by atoms with van der Waals surface area (Å²) in [7, 11) is 5.99. The first-order valence-corrected chi connectivity index (χ1v) is 18.3. The van der Waals surface area contributed by atoms with E-state index in [1.807, 2.05) is 86.8 Å². The second-order valence-electron chi connectivity index (χ2n) is 16.0. The van der Waals surface area contributed by atoms with Crippen LogP contribution >= 0.6 is 0 Å². The second kappa shape index (κ2) is 15.3. The molecule has 54 heavy (non-hydrogen) atoms. The first kappa shape index (κ1) is 38.5. The van der Waals surface area contributed by atoms with Crippen LogP contribution in [0.25, 0.3) is 5.65 Å². The van der Waals surface area contributed by atoms with Crippen LogP contribution in [0, 0.1) is 0 Å². The molecule has 14 heteroatoms. The summed E-state index contributed by atoms with van der Waals surface area (Å²) in [6.45, 7) is 15.2. The molecule has 3 aromatic heterocycles. The minimum absolute atomic E-state index is 0.184. The zero-order valence-corrected chi connectivity index (χ0v) is 32.5. The van der Waals surface area contributed by atoms with Crippen molar-refractivity contribution in [3.63, 3.8) is 0 Å². The lowest BCUT2D eigenvalue weighted by molar-refractivity contribution is -0.111. The quantitative estimate of drug-likeness (QED) is 0.152. The molecule has 0 bridgehead atoms. The number of pyridine rings is 2. The molecule has 2 aliphatic rings. The smallest absolute Gasteiger partial charge is 0.320 e. The van der Waals surface area contributed by atoms with Gasteiger partial charge in [0.15, 0.2) is 17.8 Å². The van der Waals surface area contributed by atoms with Gasteiger partial charge in [-0.2, -0.15) is 0 Å². The van der Waals surface area contributed by atoms with Gasteiger partial charge < -0.3 is 30.5 Å². The van der Waals surface area contributed by atoms with E-state index in [-0.39, 0.29) is 17.1 Å². The zero-order chi connectivity index (χ0) is 38.8. The fraction of sp³-hybridized carbons (Fsp3) is 0.450. The molecule has 14 nitrogen and oxygen atoms in total. The number of nitrogens with zero attached hydrogens (tertiary/aromatic N) is 7. The Morgan fingerprint density at radius 2 is 1.76 bits per heavy atom. The summed E-state index contributed by atoms with van der Waals surface area (Å²) in [6, 6.07) is 13.8. The second-order valence-corrected chi connectivity index (χ2v) is 16.0. The van der Waals surface area contributed by atoms with Crippen LogP contribution < -0.4 is 20.7 Å². The van der Waals surface area contributed by atoms with Crippen molar-refractivity contribution in [3.05, 3.63) is 95.2 Å². The molecule has 3 amide bonds. The van der Waals surface area contributed by atoms with E-state index >= 15 is 0 Å². The number of nitrogens with one attached hydrogen (secondary N) is 3. The number of fused-ring (bicyclic) bond motifs is 2. The number of aldehydes is 1. The van der Waals surface area contributed by atoms with Crippen LogP contribution in [0.15, 0.2) is 66.9 Å². The summed E-state index contributed by atoms with van der Waals surface area (Å²) in [4.78, 5) is 51.0. The molecular formula is C40H52N10O4. The number of benzene rings is 1. The van der Waals surface area contributed by atoms with Crippen LogP contribution in [0.4, 0.5) is 10.5 Å². The number of ether oxygens (including phenoxy) is 1. The Bertz CT molecular complexity index is 2040. The summed E-state index contributed by atoms with van der Waals surface area (Å²) in [5, 5.41) is 17.7. The van der Waals surface area contributed by atoms with Crippen molar-refractivity contribution in [1.29, 1.82) is 0 Å². The number of hydrogen-bond acceptors (Lipinski definition) is 10. The van der Waals surface area contributed by atoms with Gasteiger partial charge in [-0.15, -0.1) is 10.2 Å². The Hall–Kier alpha value is -5.18. The molecule has 0 radical (unpaired) electrons. The highest BCUT2D eigenvalue weighted by atomic mass is 16.5. The maximum atomic E-state index is 13.7. The molecule has 1 aliphatic heterocycles. The van der Waals surface area contributed by atoms with E-state index in [1.165, 1.54) is 6.07 Å². The lowest BCUT2D eigenvalue weighted by Gasteiger charge is -2.42. The predicted octanol–water partition coefficient (Wildman–Crippen LogP) is 4.10. The van der Waals surface area contributed by atoms with Gasteiger partial charge in [0, 0.05) is 61.6 Å². The van der Waals surface area contributed by atoms with Gasteiger partial charge >= 0.3 is 6.03 Å². The monoisotopic (exact) mass is 736 g/mol. The average molecular weight is 737 g/mol. The van der Waals surface area contributed by atoms with E-state index < -0.39 is 23.1 Å². The van der Waals surface area contributed by atoms with E-state index in [9.17, 15) is 14.4 Å². The van der Waals surface area contributed by atoms with Crippen molar-refractivity contribution >= 4 is 29.6 Å². The van der Waals surface area contributed by atoms with Gasteiger partial charge in [-0.1, -0.05) is 45.0 Å². The number of piperazine rings is 1. The van der Waals surface area contributed by atoms with Gasteiger partial charge in [0.25, 0.3) is 5.91 Å². The minimum atomic E-state index is -1.48. The number of hydrogen-bond donors (Lipinski definition) is 3. The summed E-state index contributed by atoms with van der Waals surface area (Å²) >= 11 is 0. The van der Waals surface area contributed by atoms with Crippen LogP contribution in [0.5, 0.6) is 5.75 Å². The largest absolute Gasteiger partial charge is 0.480 e. The Balaban J connectivity index is 1.22. The molecule has 1 fully saturated rings. The maximum Gasteiger partial charge on any atom is 0.320 e. The van der Waals surface area contributed by atoms with E-state index in [0.29, 0.717) is 42.1 Å². The number of urea groups is 1. The summed E-state index contributed by atoms with van der Waals surface area (Å²) in [5.41, 5.74) is 0.964. The van der Waals surface area contributed by atoms with Crippen molar-refractivity contribution in [1.82, 2.24) is 44.9 Å². The van der Waals surface area contributed by atoms with Crippen molar-refractivity contribution in [2.24, 2.45) is 0 Å². The summed E-state index contributed by atoms with van der Waals surface area (Å²) in [6.07, 6.45) is 5.50. The fourth-order valence-electron chi connectivity index (χ4n) is 6.85. The Morgan fingerprint density at radius 3 is 2.46 bits per heavy atom. The average Bonchev–Trinajstić information content (AvgIpc) is 3.56. The number of amides is 3. The van der Waals surface area contributed by atoms with Crippen molar-refractivity contribution in [2.45, 2.75) is 57.2 Å². The van der Waals surface area contributed by atoms with Gasteiger partial charge in [-0.05, 0) is 77.0 Å².